The molecule has 3 N–H and O–H groups in total. The summed E-state index contributed by atoms with van der Waals surface area (Å²) in [6, 6.07) is 0. The standard InChI is InChI=1S/C11H20BN3O2/c1-11(2,16)17-6-4-5-12(3)9-7-14-10(13)15-8-9/h7-8,16H,4-6H2,1-3H3,(H2,13,14,15). The van der Waals surface area contributed by atoms with E-state index in [1.165, 1.54) is 0 Å². The van der Waals surface area contributed by atoms with E-state index >= 15 is 0 Å². The van der Waals surface area contributed by atoms with Gasteiger partial charge in [0.1, 0.15) is 0 Å². The number of anilines is 1. The van der Waals surface area contributed by atoms with Gasteiger partial charge in [-0.3, -0.25) is 0 Å². The third-order valence-electron chi connectivity index (χ3n) is 2.50. The minimum absolute atomic E-state index is 0.298. The van der Waals surface area contributed by atoms with Crippen LogP contribution in [0.1, 0.15) is 20.3 Å². The monoisotopic (exact) mass is 237 g/mol. The van der Waals surface area contributed by atoms with Gasteiger partial charge in [0.2, 0.25) is 5.95 Å². The fraction of sp³-hybridized carbons (Fsp3) is 0.636. The molecular weight excluding hydrogens is 217 g/mol. The van der Waals surface area contributed by atoms with Crippen molar-refractivity contribution in [2.24, 2.45) is 0 Å². The molecule has 17 heavy (non-hydrogen) atoms. The van der Waals surface area contributed by atoms with Crippen LogP contribution in [0.25, 0.3) is 0 Å². The summed E-state index contributed by atoms with van der Waals surface area (Å²) in [5, 5.41) is 9.37. The minimum Gasteiger partial charge on any atom is -0.368 e. The van der Waals surface area contributed by atoms with E-state index in [0.29, 0.717) is 19.3 Å². The van der Waals surface area contributed by atoms with Crippen LogP contribution in [-0.4, -0.2) is 34.2 Å². The summed E-state index contributed by atoms with van der Waals surface area (Å²) in [4.78, 5) is 7.93. The van der Waals surface area contributed by atoms with E-state index in [9.17, 15) is 5.11 Å². The Labute approximate surface area is 102 Å². The van der Waals surface area contributed by atoms with Gasteiger partial charge < -0.3 is 15.6 Å². The van der Waals surface area contributed by atoms with E-state index in [4.69, 9.17) is 10.5 Å². The van der Waals surface area contributed by atoms with Gasteiger partial charge in [0, 0.05) is 19.0 Å². The van der Waals surface area contributed by atoms with Crippen molar-refractivity contribution in [3.63, 3.8) is 0 Å². The van der Waals surface area contributed by atoms with Crippen molar-refractivity contribution in [3.8, 4) is 0 Å². The van der Waals surface area contributed by atoms with Crippen molar-refractivity contribution in [3.05, 3.63) is 12.4 Å². The van der Waals surface area contributed by atoms with Gasteiger partial charge in [0.15, 0.2) is 12.5 Å². The summed E-state index contributed by atoms with van der Waals surface area (Å²) >= 11 is 0. The molecule has 0 amide bonds. The van der Waals surface area contributed by atoms with Gasteiger partial charge >= 0.3 is 0 Å². The van der Waals surface area contributed by atoms with Crippen LogP contribution in [0, 0.1) is 0 Å². The highest BCUT2D eigenvalue weighted by Gasteiger charge is 2.14. The largest absolute Gasteiger partial charge is 0.368 e. The van der Waals surface area contributed by atoms with Gasteiger partial charge in [-0.05, 0) is 25.7 Å². The Bertz CT molecular complexity index is 338. The first-order valence-corrected chi connectivity index (χ1v) is 5.82. The molecule has 1 aromatic heterocycles. The third-order valence-corrected chi connectivity index (χ3v) is 2.50. The molecule has 5 nitrogen and oxygen atoms in total. The number of nitrogens with two attached hydrogens (primary N) is 1. The van der Waals surface area contributed by atoms with Crippen LogP contribution in [0.3, 0.4) is 0 Å². The van der Waals surface area contributed by atoms with Gasteiger partial charge in [-0.1, -0.05) is 13.1 Å². The van der Waals surface area contributed by atoms with Gasteiger partial charge in [-0.25, -0.2) is 9.97 Å². The lowest BCUT2D eigenvalue weighted by Gasteiger charge is -2.18. The van der Waals surface area contributed by atoms with Gasteiger partial charge in [0.25, 0.3) is 0 Å². The molecule has 0 unspecified atom stereocenters. The molecular formula is C11H20BN3O2. The van der Waals surface area contributed by atoms with E-state index < -0.39 is 5.79 Å². The second kappa shape index (κ2) is 5.98. The van der Waals surface area contributed by atoms with Crippen molar-refractivity contribution in [1.29, 1.82) is 0 Å². The fourth-order valence-corrected chi connectivity index (χ4v) is 1.48. The lowest BCUT2D eigenvalue weighted by atomic mass is 9.45. The molecule has 0 saturated carbocycles. The summed E-state index contributed by atoms with van der Waals surface area (Å²) in [5.41, 5.74) is 6.50. The van der Waals surface area contributed by atoms with E-state index in [1.807, 2.05) is 0 Å². The summed E-state index contributed by atoms with van der Waals surface area (Å²) in [7, 11) is 0. The molecule has 0 atom stereocenters. The maximum Gasteiger partial charge on any atom is 0.219 e. The highest BCUT2D eigenvalue weighted by molar-refractivity contribution is 6.71. The van der Waals surface area contributed by atoms with E-state index in [2.05, 4.69) is 16.8 Å². The summed E-state index contributed by atoms with van der Waals surface area (Å²) in [6.45, 7) is 6.28. The van der Waals surface area contributed by atoms with Gasteiger partial charge in [0.05, 0.1) is 0 Å². The second-order valence-corrected chi connectivity index (χ2v) is 4.71. The number of aliphatic hydroxyl groups is 1. The zero-order chi connectivity index (χ0) is 12.9. The first-order valence-electron chi connectivity index (χ1n) is 5.82. The smallest absolute Gasteiger partial charge is 0.219 e. The maximum absolute atomic E-state index is 9.37. The highest BCUT2D eigenvalue weighted by Crippen LogP contribution is 2.06. The lowest BCUT2D eigenvalue weighted by molar-refractivity contribution is -0.175. The molecule has 0 bridgehead atoms. The molecule has 0 aliphatic rings. The van der Waals surface area contributed by atoms with Gasteiger partial charge in [-0.2, -0.15) is 0 Å². The zero-order valence-corrected chi connectivity index (χ0v) is 10.7. The lowest BCUT2D eigenvalue weighted by Crippen LogP contribution is -2.29. The first kappa shape index (κ1) is 13.9. The second-order valence-electron chi connectivity index (χ2n) is 4.71. The summed E-state index contributed by atoms with van der Waals surface area (Å²) in [6.07, 6.45) is 5.35. The summed E-state index contributed by atoms with van der Waals surface area (Å²) < 4.78 is 5.24. The minimum atomic E-state index is -1.05. The third kappa shape index (κ3) is 5.65. The number of nitrogen functional groups attached to an aromatic ring is 1. The van der Waals surface area contributed by atoms with Crippen LogP contribution in [0.2, 0.25) is 13.1 Å². The molecule has 0 spiro atoms. The Morgan fingerprint density at radius 3 is 2.53 bits per heavy atom. The van der Waals surface area contributed by atoms with Crippen molar-refractivity contribution < 1.29 is 9.84 Å². The molecule has 0 aromatic carbocycles. The van der Waals surface area contributed by atoms with E-state index in [0.717, 1.165) is 18.2 Å². The Balaban J connectivity index is 2.30. The van der Waals surface area contributed by atoms with E-state index in [-0.39, 0.29) is 0 Å². The molecule has 6 heteroatoms. The molecule has 0 aliphatic carbocycles. The van der Waals surface area contributed by atoms with Crippen LogP contribution in [-0.2, 0) is 4.74 Å². The van der Waals surface area contributed by atoms with Crippen LogP contribution < -0.4 is 11.2 Å². The molecule has 0 saturated heterocycles. The number of nitrogens with zero attached hydrogens (tertiary/aromatic N) is 2. The number of rotatable bonds is 6. The Morgan fingerprint density at radius 1 is 1.41 bits per heavy atom. The van der Waals surface area contributed by atoms with Crippen molar-refractivity contribution in [2.45, 2.75) is 39.2 Å². The average Bonchev–Trinajstić information content (AvgIpc) is 2.24. The number of hydrogen-bond acceptors (Lipinski definition) is 5. The number of hydrogen-bond donors (Lipinski definition) is 2. The maximum atomic E-state index is 9.37. The SMILES string of the molecule is CB(CCCOC(C)(C)O)c1cnc(N)nc1. The van der Waals surface area contributed by atoms with Crippen LogP contribution in [0.4, 0.5) is 5.95 Å². The Kier molecular flexibility index (Phi) is 4.90. The van der Waals surface area contributed by atoms with E-state index in [1.54, 1.807) is 26.2 Å². The molecule has 0 fully saturated rings. The van der Waals surface area contributed by atoms with Crippen LogP contribution >= 0.6 is 0 Å². The normalized spacial score (nSPS) is 11.5. The quantitative estimate of drug-likeness (QED) is 0.428. The number of aromatic nitrogens is 2. The molecule has 0 aliphatic heterocycles. The number of ether oxygens (including phenoxy) is 1. The molecule has 1 heterocycles. The Morgan fingerprint density at radius 2 is 2.00 bits per heavy atom. The van der Waals surface area contributed by atoms with Crippen molar-refractivity contribution in [2.75, 3.05) is 12.3 Å². The fourth-order valence-electron chi connectivity index (χ4n) is 1.48. The average molecular weight is 237 g/mol. The highest BCUT2D eigenvalue weighted by atomic mass is 16.6. The Hall–Kier alpha value is -1.14. The molecule has 1 rings (SSSR count). The molecule has 94 valence electrons. The predicted octanol–water partition coefficient (Wildman–Crippen LogP) is 0.525. The van der Waals surface area contributed by atoms with Crippen LogP contribution in [0.5, 0.6) is 0 Å². The van der Waals surface area contributed by atoms with Gasteiger partial charge in [-0.15, -0.1) is 0 Å². The van der Waals surface area contributed by atoms with Crippen molar-refractivity contribution >= 4 is 18.1 Å². The van der Waals surface area contributed by atoms with Crippen LogP contribution in [0.15, 0.2) is 12.4 Å². The predicted molar refractivity (Wildman–Crippen MR) is 69.4 cm³/mol. The van der Waals surface area contributed by atoms with Crippen molar-refractivity contribution in [1.82, 2.24) is 9.97 Å². The zero-order valence-electron chi connectivity index (χ0n) is 10.7. The topological polar surface area (TPSA) is 81.3 Å². The molecule has 1 aromatic rings. The summed E-state index contributed by atoms with van der Waals surface area (Å²) in [5.74, 6) is -0.751. The first-order chi connectivity index (χ1) is 7.88. The molecule has 0 radical (unpaired) electrons.